The highest BCUT2D eigenvalue weighted by Crippen LogP contribution is 2.27. The van der Waals surface area contributed by atoms with Crippen molar-refractivity contribution >= 4 is 17.4 Å². The lowest BCUT2D eigenvalue weighted by molar-refractivity contribution is 0.0907. The Labute approximate surface area is 215 Å². The summed E-state index contributed by atoms with van der Waals surface area (Å²) in [7, 11) is 0. The normalized spacial score (nSPS) is 11.6. The minimum Gasteiger partial charge on any atom is -0.344 e. The molecule has 2 aromatic heterocycles. The largest absolute Gasteiger partial charge is 0.344 e. The lowest BCUT2D eigenvalue weighted by atomic mass is 9.96. The quantitative estimate of drug-likeness (QED) is 0.316. The molecule has 192 valence electrons. The Hall–Kier alpha value is -4.14. The molecule has 0 radical (unpaired) electrons. The number of carbonyl (C=O) groups excluding carboxylic acids is 1. The molecule has 0 aliphatic carbocycles. The van der Waals surface area contributed by atoms with E-state index in [4.69, 9.17) is 4.52 Å². The average Bonchev–Trinajstić information content (AvgIpc) is 3.36. The Morgan fingerprint density at radius 3 is 2.46 bits per heavy atom. The summed E-state index contributed by atoms with van der Waals surface area (Å²) in [6, 6.07) is 12.9. The molecule has 0 saturated heterocycles. The van der Waals surface area contributed by atoms with Gasteiger partial charge in [0.15, 0.2) is 5.82 Å². The first-order valence-electron chi connectivity index (χ1n) is 12.1. The number of amides is 1. The second-order valence-corrected chi connectivity index (χ2v) is 10.3. The Morgan fingerprint density at radius 1 is 1.08 bits per heavy atom. The van der Waals surface area contributed by atoms with Gasteiger partial charge >= 0.3 is 11.8 Å². The highest BCUT2D eigenvalue weighted by atomic mass is 19.1. The van der Waals surface area contributed by atoms with E-state index in [1.54, 1.807) is 12.1 Å². The van der Waals surface area contributed by atoms with Crippen molar-refractivity contribution in [1.29, 1.82) is 0 Å². The molecule has 2 N–H and O–H groups in total. The van der Waals surface area contributed by atoms with Crippen molar-refractivity contribution in [2.75, 3.05) is 5.32 Å². The summed E-state index contributed by atoms with van der Waals surface area (Å²) in [5.74, 6) is 0.357. The van der Waals surface area contributed by atoms with Gasteiger partial charge in [-0.3, -0.25) is 4.79 Å². The highest BCUT2D eigenvalue weighted by molar-refractivity contribution is 5.89. The number of halogens is 1. The van der Waals surface area contributed by atoms with E-state index in [0.717, 1.165) is 11.3 Å². The van der Waals surface area contributed by atoms with E-state index >= 15 is 4.39 Å². The summed E-state index contributed by atoms with van der Waals surface area (Å²) in [4.78, 5) is 25.1. The number of hydrogen-bond donors (Lipinski definition) is 2. The zero-order valence-corrected chi connectivity index (χ0v) is 21.9. The Kier molecular flexibility index (Phi) is 7.33. The molecule has 0 unspecified atom stereocenters. The second kappa shape index (κ2) is 10.5. The van der Waals surface area contributed by atoms with Crippen molar-refractivity contribution < 1.29 is 13.7 Å². The minimum atomic E-state index is -0.514. The molecule has 0 spiro atoms. The van der Waals surface area contributed by atoms with Crippen molar-refractivity contribution in [1.82, 2.24) is 25.4 Å². The molecule has 9 heteroatoms. The number of aromatic nitrogens is 4. The fraction of sp³-hybridized carbons (Fsp3) is 0.321. The van der Waals surface area contributed by atoms with Crippen LogP contribution in [0.5, 0.6) is 0 Å². The van der Waals surface area contributed by atoms with Gasteiger partial charge in [-0.25, -0.2) is 14.4 Å². The number of hydrogen-bond acceptors (Lipinski definition) is 7. The van der Waals surface area contributed by atoms with Gasteiger partial charge in [0.1, 0.15) is 18.0 Å². The van der Waals surface area contributed by atoms with E-state index in [9.17, 15) is 4.79 Å². The first-order chi connectivity index (χ1) is 17.5. The number of aryl methyl sites for hydroxylation is 1. The smallest absolute Gasteiger partial charge is 0.315 e. The molecule has 0 bridgehead atoms. The summed E-state index contributed by atoms with van der Waals surface area (Å²) in [5, 5.41) is 9.82. The van der Waals surface area contributed by atoms with E-state index in [2.05, 4.69) is 56.7 Å². The summed E-state index contributed by atoms with van der Waals surface area (Å²) in [6.45, 7) is 12.0. The van der Waals surface area contributed by atoms with Crippen LogP contribution in [-0.4, -0.2) is 26.0 Å². The van der Waals surface area contributed by atoms with Crippen LogP contribution in [0.25, 0.3) is 11.3 Å². The lowest BCUT2D eigenvalue weighted by Gasteiger charge is -2.12. The van der Waals surface area contributed by atoms with Crippen molar-refractivity contribution in [2.24, 2.45) is 0 Å². The molecule has 0 aliphatic rings. The van der Waals surface area contributed by atoms with E-state index in [1.807, 2.05) is 39.8 Å². The van der Waals surface area contributed by atoms with Crippen LogP contribution in [0.15, 0.2) is 53.3 Å². The molecular formula is C28H31FN6O2. The van der Waals surface area contributed by atoms with E-state index < -0.39 is 11.7 Å². The van der Waals surface area contributed by atoms with Crippen molar-refractivity contribution in [3.63, 3.8) is 0 Å². The van der Waals surface area contributed by atoms with E-state index in [1.165, 1.54) is 18.0 Å². The molecule has 1 amide bonds. The molecule has 2 aromatic carbocycles. The van der Waals surface area contributed by atoms with E-state index in [0.29, 0.717) is 34.4 Å². The maximum absolute atomic E-state index is 15.1. The number of anilines is 2. The van der Waals surface area contributed by atoms with Crippen LogP contribution in [0, 0.1) is 12.7 Å². The Morgan fingerprint density at radius 2 is 1.81 bits per heavy atom. The van der Waals surface area contributed by atoms with Gasteiger partial charge in [-0.1, -0.05) is 51.9 Å². The molecule has 4 aromatic rings. The van der Waals surface area contributed by atoms with Gasteiger partial charge in [-0.15, -0.1) is 0 Å². The van der Waals surface area contributed by atoms with Crippen LogP contribution < -0.4 is 10.6 Å². The molecule has 0 fully saturated rings. The predicted octanol–water partition coefficient (Wildman–Crippen LogP) is 6.07. The number of nitrogens with one attached hydrogen (secondary N) is 2. The van der Waals surface area contributed by atoms with Gasteiger partial charge in [0.25, 0.3) is 0 Å². The molecule has 4 rings (SSSR count). The van der Waals surface area contributed by atoms with Gasteiger partial charge in [-0.2, -0.15) is 4.98 Å². The van der Waals surface area contributed by atoms with Crippen LogP contribution in [-0.2, 0) is 12.0 Å². The molecule has 0 atom stereocenters. The first kappa shape index (κ1) is 25.9. The summed E-state index contributed by atoms with van der Waals surface area (Å²) < 4.78 is 20.2. The van der Waals surface area contributed by atoms with Crippen LogP contribution in [0.3, 0.4) is 0 Å². The molecule has 37 heavy (non-hydrogen) atoms. The van der Waals surface area contributed by atoms with Crippen molar-refractivity contribution in [2.45, 2.75) is 59.4 Å². The summed E-state index contributed by atoms with van der Waals surface area (Å²) in [5.41, 5.74) is 4.01. The molecule has 0 aliphatic heterocycles. The number of rotatable bonds is 7. The Bertz CT molecular complexity index is 1410. The third-order valence-corrected chi connectivity index (χ3v) is 5.95. The van der Waals surface area contributed by atoms with Crippen molar-refractivity contribution in [3.8, 4) is 11.3 Å². The minimum absolute atomic E-state index is 0.109. The van der Waals surface area contributed by atoms with Gasteiger partial charge < -0.3 is 15.2 Å². The third-order valence-electron chi connectivity index (χ3n) is 5.95. The first-order valence-corrected chi connectivity index (χ1v) is 12.1. The molecular weight excluding hydrogens is 471 g/mol. The fourth-order valence-corrected chi connectivity index (χ4v) is 3.65. The van der Waals surface area contributed by atoms with Gasteiger partial charge in [-0.05, 0) is 53.8 Å². The van der Waals surface area contributed by atoms with Gasteiger partial charge in [0, 0.05) is 29.3 Å². The number of carbonyl (C=O) groups is 1. The lowest BCUT2D eigenvalue weighted by Crippen LogP contribution is -2.24. The zero-order valence-electron chi connectivity index (χ0n) is 21.9. The van der Waals surface area contributed by atoms with Crippen LogP contribution in [0.1, 0.15) is 73.7 Å². The maximum atomic E-state index is 15.1. The second-order valence-electron chi connectivity index (χ2n) is 10.3. The Balaban J connectivity index is 1.47. The van der Waals surface area contributed by atoms with Crippen molar-refractivity contribution in [3.05, 3.63) is 83.0 Å². The van der Waals surface area contributed by atoms with Gasteiger partial charge in [0.2, 0.25) is 0 Å². The fourth-order valence-electron chi connectivity index (χ4n) is 3.65. The predicted molar refractivity (Wildman–Crippen MR) is 140 cm³/mol. The zero-order chi connectivity index (χ0) is 26.7. The standard InChI is InChI=1S/C28H31FN6O2/c1-16(2)18-7-9-20(10-8-18)33-24-13-23(31-15-32-24)21-11-17(3)19(12-22(21)29)14-30-25(36)26-34-27(35-37-26)28(4,5)6/h7-13,15-16H,14H2,1-6H3,(H,30,36)(H,31,32,33). The number of benzene rings is 2. The third kappa shape index (κ3) is 6.17. The van der Waals surface area contributed by atoms with Crippen LogP contribution >= 0.6 is 0 Å². The van der Waals surface area contributed by atoms with Gasteiger partial charge in [0.05, 0.1) is 5.69 Å². The average molecular weight is 503 g/mol. The summed E-state index contributed by atoms with van der Waals surface area (Å²) >= 11 is 0. The molecule has 2 heterocycles. The SMILES string of the molecule is Cc1cc(-c2cc(Nc3ccc(C(C)C)cc3)ncn2)c(F)cc1CNC(=O)c1nc(C(C)(C)C)no1. The monoisotopic (exact) mass is 502 g/mol. The van der Waals surface area contributed by atoms with Crippen LogP contribution in [0.4, 0.5) is 15.9 Å². The highest BCUT2D eigenvalue weighted by Gasteiger charge is 2.24. The number of nitrogens with zero attached hydrogens (tertiary/aromatic N) is 4. The molecule has 8 nitrogen and oxygen atoms in total. The molecule has 0 saturated carbocycles. The maximum Gasteiger partial charge on any atom is 0.315 e. The van der Waals surface area contributed by atoms with E-state index in [-0.39, 0.29) is 17.9 Å². The summed E-state index contributed by atoms with van der Waals surface area (Å²) in [6.07, 6.45) is 1.40. The topological polar surface area (TPSA) is 106 Å². The van der Waals surface area contributed by atoms with Crippen LogP contribution in [0.2, 0.25) is 0 Å².